The Morgan fingerprint density at radius 2 is 1.96 bits per heavy atom. The number of carboxylic acid groups (broad SMARTS) is 1. The second-order valence-corrected chi connectivity index (χ2v) is 7.45. The van der Waals surface area contributed by atoms with E-state index < -0.39 is 5.97 Å². The highest BCUT2D eigenvalue weighted by atomic mass is 16.5. The lowest BCUT2D eigenvalue weighted by molar-refractivity contribution is -0.137. The van der Waals surface area contributed by atoms with Crippen molar-refractivity contribution in [1.29, 1.82) is 0 Å². The van der Waals surface area contributed by atoms with Crippen LogP contribution in [0.25, 0.3) is 11.1 Å². The molecular formula is C21H25NO3. The minimum atomic E-state index is -0.765. The quantitative estimate of drug-likeness (QED) is 0.758. The third-order valence-corrected chi connectivity index (χ3v) is 4.86. The van der Waals surface area contributed by atoms with Gasteiger partial charge in [-0.1, -0.05) is 32.0 Å². The van der Waals surface area contributed by atoms with Crippen molar-refractivity contribution in [3.05, 3.63) is 48.3 Å². The van der Waals surface area contributed by atoms with E-state index in [1.54, 1.807) is 12.4 Å². The first-order valence-corrected chi connectivity index (χ1v) is 8.86. The fourth-order valence-corrected chi connectivity index (χ4v) is 3.02. The van der Waals surface area contributed by atoms with E-state index in [-0.39, 0.29) is 11.8 Å². The molecule has 1 aliphatic carbocycles. The summed E-state index contributed by atoms with van der Waals surface area (Å²) in [4.78, 5) is 15.1. The highest BCUT2D eigenvalue weighted by Crippen LogP contribution is 2.42. The Morgan fingerprint density at radius 1 is 1.24 bits per heavy atom. The van der Waals surface area contributed by atoms with Gasteiger partial charge < -0.3 is 9.84 Å². The van der Waals surface area contributed by atoms with Gasteiger partial charge in [-0.3, -0.25) is 9.78 Å². The molecule has 4 nitrogen and oxygen atoms in total. The number of para-hydroxylation sites is 1. The van der Waals surface area contributed by atoms with Crippen LogP contribution in [0.15, 0.2) is 42.7 Å². The van der Waals surface area contributed by atoms with E-state index >= 15 is 0 Å². The molecule has 0 spiro atoms. The molecule has 2 aromatic rings. The monoisotopic (exact) mass is 339 g/mol. The average molecular weight is 339 g/mol. The number of carboxylic acids is 1. The molecule has 4 heteroatoms. The highest BCUT2D eigenvalue weighted by Gasteiger charge is 2.29. The van der Waals surface area contributed by atoms with Crippen molar-refractivity contribution in [2.45, 2.75) is 44.9 Å². The molecule has 0 saturated heterocycles. The number of nitrogens with zero attached hydrogens (tertiary/aromatic N) is 1. The van der Waals surface area contributed by atoms with Gasteiger partial charge in [0.2, 0.25) is 0 Å². The van der Waals surface area contributed by atoms with Gasteiger partial charge >= 0.3 is 5.97 Å². The van der Waals surface area contributed by atoms with Gasteiger partial charge in [0.25, 0.3) is 0 Å². The van der Waals surface area contributed by atoms with Crippen LogP contribution in [0.5, 0.6) is 5.75 Å². The summed E-state index contributed by atoms with van der Waals surface area (Å²) < 4.78 is 6.27. The third-order valence-electron chi connectivity index (χ3n) is 4.86. The molecule has 0 atom stereocenters. The van der Waals surface area contributed by atoms with Crippen LogP contribution in [0.4, 0.5) is 0 Å². The molecule has 1 N–H and O–H groups in total. The minimum Gasteiger partial charge on any atom is -0.492 e. The standard InChI is InChI=1S/C21H25NO3/c1-21(2,11-8-19(23)24)18-5-3-4-17(16-9-12-22-13-10-16)20(18)25-14-15-6-7-15/h3-5,9-10,12-13,15H,6-8,11,14H2,1-2H3,(H,23,24). The fourth-order valence-electron chi connectivity index (χ4n) is 3.02. The summed E-state index contributed by atoms with van der Waals surface area (Å²) in [5, 5.41) is 9.07. The Balaban J connectivity index is 1.99. The summed E-state index contributed by atoms with van der Waals surface area (Å²) in [5.74, 6) is 0.773. The molecule has 1 aliphatic rings. The smallest absolute Gasteiger partial charge is 0.303 e. The van der Waals surface area contributed by atoms with Crippen LogP contribution in [0.1, 0.15) is 45.1 Å². The maximum absolute atomic E-state index is 11.0. The Labute approximate surface area is 148 Å². The molecule has 132 valence electrons. The van der Waals surface area contributed by atoms with E-state index in [4.69, 9.17) is 9.84 Å². The number of aliphatic carboxylic acids is 1. The van der Waals surface area contributed by atoms with E-state index in [0.717, 1.165) is 29.0 Å². The zero-order valence-electron chi connectivity index (χ0n) is 14.9. The lowest BCUT2D eigenvalue weighted by atomic mass is 9.79. The molecule has 0 amide bonds. The summed E-state index contributed by atoms with van der Waals surface area (Å²) in [6, 6.07) is 10.1. The molecule has 1 heterocycles. The number of hydrogen-bond acceptors (Lipinski definition) is 3. The zero-order valence-corrected chi connectivity index (χ0v) is 14.9. The molecule has 1 saturated carbocycles. The Bertz CT molecular complexity index is 736. The summed E-state index contributed by atoms with van der Waals surface area (Å²) in [6.07, 6.45) is 6.74. The van der Waals surface area contributed by atoms with Crippen LogP contribution < -0.4 is 4.74 Å². The lowest BCUT2D eigenvalue weighted by Gasteiger charge is -2.28. The van der Waals surface area contributed by atoms with E-state index in [0.29, 0.717) is 12.3 Å². The van der Waals surface area contributed by atoms with Crippen LogP contribution in [-0.4, -0.2) is 22.7 Å². The SMILES string of the molecule is CC(C)(CCC(=O)O)c1cccc(-c2ccncc2)c1OCC1CC1. The number of pyridine rings is 1. The van der Waals surface area contributed by atoms with E-state index in [1.165, 1.54) is 12.8 Å². The van der Waals surface area contributed by atoms with Crippen LogP contribution in [-0.2, 0) is 10.2 Å². The van der Waals surface area contributed by atoms with Gasteiger partial charge in [-0.2, -0.15) is 0 Å². The predicted molar refractivity (Wildman–Crippen MR) is 97.8 cm³/mol. The van der Waals surface area contributed by atoms with Crippen molar-refractivity contribution in [3.63, 3.8) is 0 Å². The molecule has 0 radical (unpaired) electrons. The molecule has 3 rings (SSSR count). The van der Waals surface area contributed by atoms with Crippen molar-refractivity contribution in [2.75, 3.05) is 6.61 Å². The number of benzene rings is 1. The topological polar surface area (TPSA) is 59.4 Å². The number of rotatable bonds is 8. The van der Waals surface area contributed by atoms with Gasteiger partial charge in [0.1, 0.15) is 5.75 Å². The van der Waals surface area contributed by atoms with Crippen molar-refractivity contribution >= 4 is 5.97 Å². The van der Waals surface area contributed by atoms with Crippen molar-refractivity contribution in [2.24, 2.45) is 5.92 Å². The third kappa shape index (κ3) is 4.38. The molecule has 25 heavy (non-hydrogen) atoms. The summed E-state index contributed by atoms with van der Waals surface area (Å²) in [5.41, 5.74) is 2.91. The van der Waals surface area contributed by atoms with Crippen LogP contribution in [0, 0.1) is 5.92 Å². The van der Waals surface area contributed by atoms with E-state index in [2.05, 4.69) is 31.0 Å². The van der Waals surface area contributed by atoms with Crippen molar-refractivity contribution in [1.82, 2.24) is 4.98 Å². The highest BCUT2D eigenvalue weighted by molar-refractivity contribution is 5.73. The van der Waals surface area contributed by atoms with Gasteiger partial charge in [-0.15, -0.1) is 0 Å². The minimum absolute atomic E-state index is 0.147. The van der Waals surface area contributed by atoms with Gasteiger partial charge in [0.15, 0.2) is 0 Å². The van der Waals surface area contributed by atoms with Crippen molar-refractivity contribution < 1.29 is 14.6 Å². The molecule has 0 unspecified atom stereocenters. The first-order chi connectivity index (χ1) is 12.0. The largest absolute Gasteiger partial charge is 0.492 e. The first kappa shape index (κ1) is 17.5. The molecule has 1 aromatic heterocycles. The van der Waals surface area contributed by atoms with E-state index in [9.17, 15) is 4.79 Å². The number of carbonyl (C=O) groups is 1. The lowest BCUT2D eigenvalue weighted by Crippen LogP contribution is -2.20. The van der Waals surface area contributed by atoms with Crippen LogP contribution in [0.3, 0.4) is 0 Å². The maximum Gasteiger partial charge on any atom is 0.303 e. The second-order valence-electron chi connectivity index (χ2n) is 7.45. The molecular weight excluding hydrogens is 314 g/mol. The number of aromatic nitrogens is 1. The van der Waals surface area contributed by atoms with Gasteiger partial charge in [-0.05, 0) is 48.3 Å². The Kier molecular flexibility index (Phi) is 5.07. The molecule has 0 aliphatic heterocycles. The molecule has 1 fully saturated rings. The average Bonchev–Trinajstić information content (AvgIpc) is 3.43. The number of ether oxygens (including phenoxy) is 1. The fraction of sp³-hybridized carbons (Fsp3) is 0.429. The van der Waals surface area contributed by atoms with Gasteiger partial charge in [-0.25, -0.2) is 0 Å². The summed E-state index contributed by atoms with van der Waals surface area (Å²) in [6.45, 7) is 4.90. The predicted octanol–water partition coefficient (Wildman–Crippen LogP) is 4.68. The van der Waals surface area contributed by atoms with Crippen LogP contribution >= 0.6 is 0 Å². The number of hydrogen-bond donors (Lipinski definition) is 1. The summed E-state index contributed by atoms with van der Waals surface area (Å²) >= 11 is 0. The Hall–Kier alpha value is -2.36. The maximum atomic E-state index is 11.0. The molecule has 1 aromatic carbocycles. The Morgan fingerprint density at radius 3 is 2.60 bits per heavy atom. The first-order valence-electron chi connectivity index (χ1n) is 8.86. The second kappa shape index (κ2) is 7.26. The van der Waals surface area contributed by atoms with E-state index in [1.807, 2.05) is 18.2 Å². The summed E-state index contributed by atoms with van der Waals surface area (Å²) in [7, 11) is 0. The normalized spacial score (nSPS) is 14.3. The van der Waals surface area contributed by atoms with Gasteiger partial charge in [0, 0.05) is 29.9 Å². The zero-order chi connectivity index (χ0) is 17.9. The van der Waals surface area contributed by atoms with Gasteiger partial charge in [0.05, 0.1) is 6.61 Å². The van der Waals surface area contributed by atoms with Crippen LogP contribution in [0.2, 0.25) is 0 Å². The van der Waals surface area contributed by atoms with Crippen molar-refractivity contribution in [3.8, 4) is 16.9 Å². The molecule has 0 bridgehead atoms.